The number of carbonyl (C=O) groups is 5. The maximum absolute atomic E-state index is 13.7. The number of hydrogen-bond acceptors (Lipinski definition) is 15. The average molecular weight is 1290 g/mol. The third-order valence-electron chi connectivity index (χ3n) is 12.0. The zero-order valence-electron chi connectivity index (χ0n) is 44.5. The molecule has 0 aliphatic heterocycles. The van der Waals surface area contributed by atoms with Crippen LogP contribution < -0.4 is 3.71 Å². The van der Waals surface area contributed by atoms with Crippen LogP contribution >= 0.6 is 0 Å². The lowest BCUT2D eigenvalue weighted by atomic mass is 9.86. The van der Waals surface area contributed by atoms with Gasteiger partial charge in [-0.15, -0.1) is 3.71 Å². The summed E-state index contributed by atoms with van der Waals surface area (Å²) in [7, 11) is -8.44. The maximum atomic E-state index is 13.7. The van der Waals surface area contributed by atoms with Crippen molar-refractivity contribution in [2.24, 2.45) is 0 Å². The van der Waals surface area contributed by atoms with E-state index in [1.165, 1.54) is 64.8 Å². The first-order chi connectivity index (χ1) is 39.7. The lowest BCUT2D eigenvalue weighted by Crippen LogP contribution is -2.49. The molecule has 16 nitrogen and oxygen atoms in total. The van der Waals surface area contributed by atoms with E-state index in [0.29, 0.717) is 56.1 Å². The number of sulfonamides is 2. The van der Waals surface area contributed by atoms with Gasteiger partial charge in [-0.05, 0) is 125 Å². The van der Waals surface area contributed by atoms with Gasteiger partial charge in [-0.1, -0.05) is 89.0 Å². The molecule has 8 aromatic rings. The Labute approximate surface area is 498 Å². The fourth-order valence-electron chi connectivity index (χ4n) is 7.70. The molecule has 2 N–H and O–H groups in total. The van der Waals surface area contributed by atoms with Gasteiger partial charge in [-0.25, -0.2) is 28.0 Å². The summed E-state index contributed by atoms with van der Waals surface area (Å²) in [6.07, 6.45) is 0.0270. The van der Waals surface area contributed by atoms with E-state index in [2.05, 4.69) is 18.9 Å². The molecule has 0 spiro atoms. The molecular weight excluding hydrogens is 1230 g/mol. The van der Waals surface area contributed by atoms with E-state index in [1.54, 1.807) is 79.7 Å². The average Bonchev–Trinajstić information content (AvgIpc) is 3.58. The number of rotatable bonds is 7. The summed E-state index contributed by atoms with van der Waals surface area (Å²) in [5.41, 5.74) is -11.7. The second-order valence-electron chi connectivity index (χ2n) is 17.5. The lowest BCUT2D eigenvalue weighted by molar-refractivity contribution is -0.145. The van der Waals surface area contributed by atoms with Crippen molar-refractivity contribution in [3.05, 3.63) is 196 Å². The molecule has 0 heterocycles. The highest BCUT2D eigenvalue weighted by molar-refractivity contribution is 8.11. The molecule has 0 saturated carbocycles. The summed E-state index contributed by atoms with van der Waals surface area (Å²) >= 11 is 0. The number of methoxy groups -OCH3 is 4. The normalized spacial score (nSPS) is 12.2. The fourth-order valence-corrected chi connectivity index (χ4v) is 10.4. The summed E-state index contributed by atoms with van der Waals surface area (Å²) in [4.78, 5) is 56.1. The minimum absolute atomic E-state index is 0. The number of Topliss-reactive ketones (excluding diaryl/α,β-unsaturated/α-hetero) is 1. The van der Waals surface area contributed by atoms with Crippen LogP contribution in [0.2, 0.25) is 0 Å². The van der Waals surface area contributed by atoms with Crippen molar-refractivity contribution in [1.82, 2.24) is 0 Å². The van der Waals surface area contributed by atoms with Gasteiger partial charge in [-0.3, -0.25) is 4.79 Å². The summed E-state index contributed by atoms with van der Waals surface area (Å²) in [5.74, 6) is -7.45. The van der Waals surface area contributed by atoms with Gasteiger partial charge in [-0.2, -0.15) is 52.0 Å². The van der Waals surface area contributed by atoms with E-state index >= 15 is 0 Å². The molecule has 0 saturated heterocycles. The molecule has 9 rings (SSSR count). The van der Waals surface area contributed by atoms with Crippen molar-refractivity contribution < 1.29 is 114 Å². The number of alkyl halides is 8. The van der Waals surface area contributed by atoms with E-state index in [9.17, 15) is 94.9 Å². The highest BCUT2D eigenvalue weighted by atomic mass is 32.3. The Kier molecular flexibility index (Phi) is 25.8. The number of phenolic OH excluding ortho intramolecular Hbond substituents is 2. The second-order valence-corrected chi connectivity index (χ2v) is 21.3. The molecule has 0 atom stereocenters. The van der Waals surface area contributed by atoms with Crippen LogP contribution in [0.15, 0.2) is 146 Å². The smallest absolute Gasteiger partial charge is 0.508 e. The monoisotopic (exact) mass is 1290 g/mol. The third kappa shape index (κ3) is 17.0. The second kappa shape index (κ2) is 30.4. The first-order valence-electron chi connectivity index (χ1n) is 23.9. The largest absolute Gasteiger partial charge is 0.517 e. The summed E-state index contributed by atoms with van der Waals surface area (Å²) in [6.45, 7) is 1.71. The highest BCUT2D eigenvalue weighted by Crippen LogP contribution is 2.40. The number of benzene rings is 8. The van der Waals surface area contributed by atoms with E-state index in [-0.39, 0.29) is 69.2 Å². The highest BCUT2D eigenvalue weighted by Gasteiger charge is 2.61. The van der Waals surface area contributed by atoms with E-state index < -0.39 is 81.6 Å². The van der Waals surface area contributed by atoms with Crippen LogP contribution in [-0.2, 0) is 56.1 Å². The first kappa shape index (κ1) is 74.8. The standard InChI is InChI=1S/C13H11FO2.C12H10F2O3.C12H9FO3.C12H10O3.C8H5F6NO4S2.3CH4/c1-8-3-4-9-7-10(13(15)16-2)5-6-11(9)12(8)14;1-17-11(16)8-2-4-9-7(6-8)3-5-10(15)12(9,13)14;1-16-12(15)8-2-4-9-7(6-8)3-5-10(14)11(9)13;1-15-12(14)10-3-2-9-7-11(13)5-4-8(9)6-10;9-7(10,11)20(16,17)15(6-4-2-1-3-5-6)21(18,19)8(12,13)14;;;/h3-7H,1-2H3;2,4,6H,3,5H2,1H3;2-6,14H,1H3;2-7,13H,1H3;1-5H;3*1H4. The Morgan fingerprint density at radius 3 is 1.35 bits per heavy atom. The van der Waals surface area contributed by atoms with Crippen molar-refractivity contribution in [3.63, 3.8) is 0 Å². The molecule has 8 aromatic carbocycles. The Hall–Kier alpha value is -9.31. The minimum atomic E-state index is -6.81. The number of aryl methyl sites for hydroxylation is 2. The zero-order chi connectivity index (χ0) is 63.6. The van der Waals surface area contributed by atoms with Gasteiger partial charge < -0.3 is 29.2 Å². The quantitative estimate of drug-likeness (QED) is 0.0858. The summed E-state index contributed by atoms with van der Waals surface area (Å²) < 4.78 is 190. The lowest BCUT2D eigenvalue weighted by Gasteiger charge is -2.25. The number of fused-ring (bicyclic) bond motifs is 4. The summed E-state index contributed by atoms with van der Waals surface area (Å²) in [5, 5.41) is 22.3. The van der Waals surface area contributed by atoms with E-state index in [4.69, 9.17) is 0 Å². The van der Waals surface area contributed by atoms with Gasteiger partial charge in [0.1, 0.15) is 11.6 Å². The number of carbonyl (C=O) groups excluding carboxylic acids is 5. The number of anilines is 1. The molecule has 88 heavy (non-hydrogen) atoms. The fraction of sp³-hybridized carbons (Fsp3) is 0.217. The number of halogens is 10. The molecular formula is C60H57F10NO15S2. The van der Waals surface area contributed by atoms with Gasteiger partial charge in [0.25, 0.3) is 0 Å². The molecule has 1 aliphatic carbocycles. The van der Waals surface area contributed by atoms with Crippen molar-refractivity contribution in [1.29, 1.82) is 0 Å². The van der Waals surface area contributed by atoms with Crippen LogP contribution in [0.3, 0.4) is 0 Å². The van der Waals surface area contributed by atoms with Crippen LogP contribution in [-0.4, -0.2) is 96.2 Å². The molecule has 0 amide bonds. The SMILES string of the molecule is C.C.C.COC(=O)c1ccc2c(F)c(C)ccc2c1.COC(=O)c1ccc2c(F)c(O)ccc2c1.COC(=O)c1ccc2c(c1)CCC(=O)C2(F)F.COC(=O)c1ccc2cc(O)ccc2c1.O=S(=O)(N(c1ccccc1)S(=O)(=O)C(F)(F)F)C(F)(F)F. The predicted octanol–water partition coefficient (Wildman–Crippen LogP) is 14.1. The maximum Gasteiger partial charge on any atom is 0.517 e. The van der Waals surface area contributed by atoms with Crippen molar-refractivity contribution in [2.75, 3.05) is 32.1 Å². The Morgan fingerprint density at radius 2 is 0.886 bits per heavy atom. The number of nitrogens with zero attached hydrogens (tertiary/aromatic N) is 1. The van der Waals surface area contributed by atoms with E-state index in [1.807, 2.05) is 0 Å². The van der Waals surface area contributed by atoms with Gasteiger partial charge in [0, 0.05) is 22.8 Å². The molecule has 0 fully saturated rings. The molecule has 0 unspecified atom stereocenters. The minimum Gasteiger partial charge on any atom is -0.508 e. The van der Waals surface area contributed by atoms with Crippen molar-refractivity contribution >= 4 is 87.7 Å². The van der Waals surface area contributed by atoms with Crippen LogP contribution in [0.5, 0.6) is 11.5 Å². The van der Waals surface area contributed by atoms with Crippen molar-refractivity contribution in [3.8, 4) is 11.5 Å². The number of ketones is 1. The number of esters is 4. The van der Waals surface area contributed by atoms with Crippen LogP contribution in [0.1, 0.15) is 86.8 Å². The number of hydrogen-bond donors (Lipinski definition) is 2. The number of phenols is 2. The molecule has 28 heteroatoms. The molecule has 1 aliphatic rings. The number of aromatic hydroxyl groups is 2. The molecule has 474 valence electrons. The first-order valence-corrected chi connectivity index (χ1v) is 26.7. The van der Waals surface area contributed by atoms with Crippen LogP contribution in [0, 0.1) is 18.6 Å². The van der Waals surface area contributed by atoms with Crippen molar-refractivity contribution in [2.45, 2.75) is 59.0 Å². The van der Waals surface area contributed by atoms with Gasteiger partial charge in [0.2, 0.25) is 5.78 Å². The van der Waals surface area contributed by atoms with Gasteiger partial charge >= 0.3 is 60.9 Å². The Morgan fingerprint density at radius 1 is 0.500 bits per heavy atom. The Balaban J connectivity index is 0.000000373. The molecule has 0 bridgehead atoms. The Bertz CT molecular complexity index is 3920. The topological polar surface area (TPSA) is 234 Å². The van der Waals surface area contributed by atoms with E-state index in [0.717, 1.165) is 35.0 Å². The predicted molar refractivity (Wildman–Crippen MR) is 308 cm³/mol. The van der Waals surface area contributed by atoms with Gasteiger partial charge in [0.15, 0.2) is 11.6 Å². The van der Waals surface area contributed by atoms with Crippen LogP contribution in [0.25, 0.3) is 32.3 Å². The third-order valence-corrected chi connectivity index (χ3v) is 15.6. The molecule has 0 radical (unpaired) electrons. The summed E-state index contributed by atoms with van der Waals surface area (Å²) in [6, 6.07) is 33.3. The number of ether oxygens (including phenoxy) is 4. The van der Waals surface area contributed by atoms with Gasteiger partial charge in [0.05, 0.1) is 56.4 Å². The number of para-hydroxylation sites is 1. The molecule has 0 aromatic heterocycles. The van der Waals surface area contributed by atoms with Crippen LogP contribution in [0.4, 0.5) is 49.6 Å². The zero-order valence-corrected chi connectivity index (χ0v) is 46.1.